The first-order valence-electron chi connectivity index (χ1n) is 22.2. The minimum Gasteiger partial charge on any atom is -0.462 e. The zero-order chi connectivity index (χ0) is 36.3. The molecule has 0 bridgehead atoms. The largest absolute Gasteiger partial charge is 0.462 e. The number of carbonyl (C=O) groups is 2. The second kappa shape index (κ2) is 44.8. The summed E-state index contributed by atoms with van der Waals surface area (Å²) < 4.78 is 10.5. The maximum Gasteiger partial charge on any atom is 0.306 e. The lowest BCUT2D eigenvalue weighted by molar-refractivity contribution is -0.151. The van der Waals surface area contributed by atoms with E-state index in [1.54, 1.807) is 0 Å². The lowest BCUT2D eigenvalue weighted by Crippen LogP contribution is -2.14. The number of hydrogen-bond acceptors (Lipinski definition) is 6. The Morgan fingerprint density at radius 3 is 0.780 bits per heavy atom. The molecule has 0 aromatic carbocycles. The fourth-order valence-electron chi connectivity index (χ4n) is 6.47. The Labute approximate surface area is 321 Å². The summed E-state index contributed by atoms with van der Waals surface area (Å²) in [6.07, 6.45) is 45.5. The molecule has 0 unspecified atom stereocenters. The highest BCUT2D eigenvalue weighted by Gasteiger charge is 2.06. The summed E-state index contributed by atoms with van der Waals surface area (Å²) in [4.78, 5) is 23.9. The number of thioether (sulfide) groups is 2. The van der Waals surface area contributed by atoms with E-state index in [0.29, 0.717) is 12.8 Å². The van der Waals surface area contributed by atoms with Gasteiger partial charge in [-0.1, -0.05) is 206 Å². The Morgan fingerprint density at radius 2 is 0.540 bits per heavy atom. The third kappa shape index (κ3) is 43.8. The highest BCUT2D eigenvalue weighted by atomic mass is 32.2. The molecule has 0 aromatic heterocycles. The SMILES string of the molecule is CCCCCCCCCCCCCCCCCCSCCC(=O)OCCOC(=O)CCSCCCCCCCCCCCCCCCCCC. The Hall–Kier alpha value is -0.360. The maximum atomic E-state index is 12.0. The van der Waals surface area contributed by atoms with Crippen LogP contribution in [0.3, 0.4) is 0 Å². The van der Waals surface area contributed by atoms with E-state index in [-0.39, 0.29) is 25.2 Å². The highest BCUT2D eigenvalue weighted by molar-refractivity contribution is 7.99. The predicted molar refractivity (Wildman–Crippen MR) is 225 cm³/mol. The fraction of sp³-hybridized carbons (Fsp3) is 0.955. The highest BCUT2D eigenvalue weighted by Crippen LogP contribution is 2.17. The van der Waals surface area contributed by atoms with Gasteiger partial charge in [0.05, 0.1) is 12.8 Å². The van der Waals surface area contributed by atoms with Crippen LogP contribution in [0.5, 0.6) is 0 Å². The lowest BCUT2D eigenvalue weighted by atomic mass is 10.0. The number of esters is 2. The van der Waals surface area contributed by atoms with Crippen LogP contribution in [0.25, 0.3) is 0 Å². The normalized spacial score (nSPS) is 11.3. The molecular formula is C44H86O4S2. The minimum atomic E-state index is -0.185. The maximum absolute atomic E-state index is 12.0. The van der Waals surface area contributed by atoms with Gasteiger partial charge in [0, 0.05) is 11.5 Å². The Balaban J connectivity index is 3.24. The molecule has 4 nitrogen and oxygen atoms in total. The van der Waals surface area contributed by atoms with E-state index in [1.807, 2.05) is 23.5 Å². The van der Waals surface area contributed by atoms with Gasteiger partial charge >= 0.3 is 11.9 Å². The molecular weight excluding hydrogens is 657 g/mol. The average Bonchev–Trinajstić information content (AvgIpc) is 3.12. The summed E-state index contributed by atoms with van der Waals surface area (Å²) in [5.41, 5.74) is 0. The topological polar surface area (TPSA) is 52.6 Å². The molecule has 0 heterocycles. The summed E-state index contributed by atoms with van der Waals surface area (Å²) in [6.45, 7) is 4.91. The molecule has 0 N–H and O–H groups in total. The molecule has 0 amide bonds. The lowest BCUT2D eigenvalue weighted by Gasteiger charge is -2.07. The van der Waals surface area contributed by atoms with Crippen LogP contribution in [-0.4, -0.2) is 48.2 Å². The molecule has 0 saturated carbocycles. The monoisotopic (exact) mass is 743 g/mol. The molecule has 0 saturated heterocycles. The minimum absolute atomic E-state index is 0.167. The first-order chi connectivity index (χ1) is 24.7. The van der Waals surface area contributed by atoms with Gasteiger partial charge in [-0.2, -0.15) is 23.5 Å². The van der Waals surface area contributed by atoms with Gasteiger partial charge in [-0.15, -0.1) is 0 Å². The second-order valence-electron chi connectivity index (χ2n) is 14.8. The van der Waals surface area contributed by atoms with Gasteiger partial charge in [0.15, 0.2) is 0 Å². The third-order valence-corrected chi connectivity index (χ3v) is 11.9. The molecule has 0 radical (unpaired) electrons. The van der Waals surface area contributed by atoms with Crippen molar-refractivity contribution >= 4 is 35.5 Å². The first-order valence-corrected chi connectivity index (χ1v) is 24.5. The molecule has 0 spiro atoms. The van der Waals surface area contributed by atoms with Gasteiger partial charge in [-0.3, -0.25) is 9.59 Å². The van der Waals surface area contributed by atoms with Gasteiger partial charge < -0.3 is 9.47 Å². The van der Waals surface area contributed by atoms with E-state index in [0.717, 1.165) is 23.0 Å². The van der Waals surface area contributed by atoms with Crippen LogP contribution in [0, 0.1) is 0 Å². The van der Waals surface area contributed by atoms with E-state index in [1.165, 1.54) is 205 Å². The van der Waals surface area contributed by atoms with Crippen LogP contribution in [0.2, 0.25) is 0 Å². The van der Waals surface area contributed by atoms with Crippen molar-refractivity contribution in [3.63, 3.8) is 0 Å². The zero-order valence-corrected chi connectivity index (χ0v) is 35.4. The summed E-state index contributed by atoms with van der Waals surface area (Å²) in [5, 5.41) is 0. The van der Waals surface area contributed by atoms with E-state index in [2.05, 4.69) is 13.8 Å². The number of carbonyl (C=O) groups excluding carboxylic acids is 2. The molecule has 0 aliphatic rings. The van der Waals surface area contributed by atoms with E-state index in [4.69, 9.17) is 9.47 Å². The van der Waals surface area contributed by atoms with Crippen molar-refractivity contribution in [3.05, 3.63) is 0 Å². The van der Waals surface area contributed by atoms with Crippen LogP contribution in [0.15, 0.2) is 0 Å². The smallest absolute Gasteiger partial charge is 0.306 e. The van der Waals surface area contributed by atoms with E-state index in [9.17, 15) is 9.59 Å². The summed E-state index contributed by atoms with van der Waals surface area (Å²) in [7, 11) is 0. The Bertz CT molecular complexity index is 618. The number of unbranched alkanes of at least 4 members (excludes halogenated alkanes) is 30. The molecule has 0 rings (SSSR count). The number of hydrogen-bond donors (Lipinski definition) is 0. The third-order valence-electron chi connectivity index (χ3n) is 9.79. The summed E-state index contributed by atoms with van der Waals surface area (Å²) >= 11 is 3.70. The van der Waals surface area contributed by atoms with Gasteiger partial charge in [0.1, 0.15) is 13.2 Å². The Morgan fingerprint density at radius 1 is 0.320 bits per heavy atom. The zero-order valence-electron chi connectivity index (χ0n) is 33.7. The number of rotatable bonds is 43. The molecule has 50 heavy (non-hydrogen) atoms. The molecule has 0 aromatic rings. The van der Waals surface area contributed by atoms with Crippen LogP contribution in [-0.2, 0) is 19.1 Å². The van der Waals surface area contributed by atoms with Crippen molar-refractivity contribution in [1.82, 2.24) is 0 Å². The van der Waals surface area contributed by atoms with Gasteiger partial charge in [0.25, 0.3) is 0 Å². The molecule has 6 heteroatoms. The average molecular weight is 743 g/mol. The van der Waals surface area contributed by atoms with Crippen molar-refractivity contribution in [2.75, 3.05) is 36.2 Å². The Kier molecular flexibility index (Phi) is 44.5. The van der Waals surface area contributed by atoms with Crippen LogP contribution >= 0.6 is 23.5 Å². The molecule has 0 fully saturated rings. The van der Waals surface area contributed by atoms with E-state index >= 15 is 0 Å². The van der Waals surface area contributed by atoms with Crippen molar-refractivity contribution in [3.8, 4) is 0 Å². The van der Waals surface area contributed by atoms with Crippen molar-refractivity contribution in [2.45, 2.75) is 232 Å². The van der Waals surface area contributed by atoms with Crippen LogP contribution in [0.4, 0.5) is 0 Å². The standard InChI is InChI=1S/C44H86O4S2/c1-3-5-7-9-11-13-15-17-19-21-23-25-27-29-31-33-39-49-41-35-43(45)47-37-38-48-44(46)36-42-50-40-34-32-30-28-26-24-22-20-18-16-14-12-10-8-6-4-2/h3-42H2,1-2H3. The second-order valence-corrected chi connectivity index (χ2v) is 17.2. The molecule has 0 aliphatic heterocycles. The van der Waals surface area contributed by atoms with Crippen LogP contribution in [0.1, 0.15) is 232 Å². The van der Waals surface area contributed by atoms with Gasteiger partial charge in [-0.05, 0) is 24.3 Å². The first kappa shape index (κ1) is 49.6. The molecule has 0 atom stereocenters. The van der Waals surface area contributed by atoms with Crippen LogP contribution < -0.4 is 0 Å². The van der Waals surface area contributed by atoms with Crippen molar-refractivity contribution in [1.29, 1.82) is 0 Å². The van der Waals surface area contributed by atoms with E-state index < -0.39 is 0 Å². The summed E-state index contributed by atoms with van der Waals surface area (Å²) in [6, 6.07) is 0. The van der Waals surface area contributed by atoms with Gasteiger partial charge in [0.2, 0.25) is 0 Å². The molecule has 0 aliphatic carbocycles. The fourth-order valence-corrected chi connectivity index (χ4v) is 8.32. The summed E-state index contributed by atoms with van der Waals surface area (Å²) in [5.74, 6) is 3.51. The quantitative estimate of drug-likeness (QED) is 0.0458. The van der Waals surface area contributed by atoms with Gasteiger partial charge in [-0.25, -0.2) is 0 Å². The number of ether oxygens (including phenoxy) is 2. The van der Waals surface area contributed by atoms with Crippen molar-refractivity contribution in [2.24, 2.45) is 0 Å². The van der Waals surface area contributed by atoms with Crippen molar-refractivity contribution < 1.29 is 19.1 Å². The predicted octanol–water partition coefficient (Wildman–Crippen LogP) is 14.8. The molecule has 298 valence electrons.